The Labute approximate surface area is 594 Å². The van der Waals surface area contributed by atoms with Gasteiger partial charge < -0.3 is 57.9 Å². The van der Waals surface area contributed by atoms with Gasteiger partial charge in [0.15, 0.2) is 0 Å². The van der Waals surface area contributed by atoms with Crippen LogP contribution < -0.4 is 46.7 Å². The van der Waals surface area contributed by atoms with E-state index < -0.39 is 88.5 Å². The minimum atomic E-state index is -5.40. The lowest BCUT2D eigenvalue weighted by atomic mass is 10.2. The van der Waals surface area contributed by atoms with Crippen LogP contribution in [0.4, 0.5) is 0 Å². The molecule has 98 heavy (non-hydrogen) atoms. The van der Waals surface area contributed by atoms with Crippen molar-refractivity contribution in [3.8, 4) is 0 Å². The average Bonchev–Trinajstić information content (AvgIpc) is 1.03. The highest BCUT2D eigenvalue weighted by Crippen LogP contribution is 2.42. The van der Waals surface area contributed by atoms with E-state index in [-0.39, 0.29) is 16.7 Å². The summed E-state index contributed by atoms with van der Waals surface area (Å²) in [7, 11) is -47.8. The van der Waals surface area contributed by atoms with Gasteiger partial charge in [0, 0.05) is 41.2 Å². The van der Waals surface area contributed by atoms with Crippen molar-refractivity contribution in [1.29, 1.82) is 0 Å². The van der Waals surface area contributed by atoms with Crippen LogP contribution in [0.3, 0.4) is 0 Å². The summed E-state index contributed by atoms with van der Waals surface area (Å²) < 4.78 is 118. The van der Waals surface area contributed by atoms with E-state index >= 15 is 0 Å². The van der Waals surface area contributed by atoms with E-state index in [0.29, 0.717) is 56.7 Å². The Morgan fingerprint density at radius 1 is 0.306 bits per heavy atom. The van der Waals surface area contributed by atoms with Gasteiger partial charge >= 0.3 is 88.5 Å². The molecule has 4 fully saturated rings. The van der Waals surface area contributed by atoms with Gasteiger partial charge in [0.1, 0.15) is 10.5 Å². The molecule has 4 aliphatic heterocycles. The summed E-state index contributed by atoms with van der Waals surface area (Å²) in [6.45, 7) is 0. The number of rotatable bonds is 14. The van der Waals surface area contributed by atoms with Crippen molar-refractivity contribution in [1.82, 2.24) is 0 Å². The van der Waals surface area contributed by atoms with Gasteiger partial charge in [0.2, 0.25) is 0 Å². The van der Waals surface area contributed by atoms with E-state index in [4.69, 9.17) is 81.1 Å². The van der Waals surface area contributed by atoms with Crippen molar-refractivity contribution in [2.75, 3.05) is 6.23 Å². The number of hydrogen-bond donors (Lipinski definition) is 0. The lowest BCUT2D eigenvalue weighted by Gasteiger charge is -2.54. The SMILES string of the molecule is [SiH3]O[Si]1(c2ccccc2)O[Si](/C=C/c2ccc(Cl)cc2)(c2ccccc2)O[SiH]2CO[Si]3(c4ccccc4)O[SiH](c4ccccc4)O[Si]4(c5ccccc5)O[Si](/C=C/c5ccc(Cl)cc5)(c5ccccc5)O[Si](c5ccccc5)(O3)O[Si](c3ccccc3)(O2)O[Si](c2ccccc2)(O1)O4. The molecule has 0 spiro atoms. The van der Waals surface area contributed by atoms with Gasteiger partial charge in [-0.05, 0) is 62.4 Å². The minimum Gasteiger partial charge on any atom is -0.422 e. The van der Waals surface area contributed by atoms with Gasteiger partial charge in [0.05, 0.1) is 6.23 Å². The summed E-state index contributed by atoms with van der Waals surface area (Å²) in [5.41, 5.74) is 5.63. The molecule has 4 saturated heterocycles. The quantitative estimate of drug-likeness (QED) is 0.103. The largest absolute Gasteiger partial charge is 0.521 e. The Kier molecular flexibility index (Phi) is 19.7. The van der Waals surface area contributed by atoms with Crippen molar-refractivity contribution in [3.63, 3.8) is 0 Å². The molecule has 0 N–H and O–H groups in total. The number of halogens is 2. The second-order valence-electron chi connectivity index (χ2n) is 23.3. The monoisotopic (exact) mass is 1520 g/mol. The van der Waals surface area contributed by atoms with E-state index in [2.05, 4.69) is 0 Å². The Morgan fingerprint density at radius 3 is 1.07 bits per heavy atom. The highest BCUT2D eigenvalue weighted by Gasteiger charge is 2.76. The summed E-state index contributed by atoms with van der Waals surface area (Å²) in [5, 5.41) is 6.30. The first-order valence-electron chi connectivity index (χ1n) is 31.9. The van der Waals surface area contributed by atoms with E-state index in [1.807, 2.05) is 345 Å². The normalized spacial score (nSPS) is 28.9. The maximum atomic E-state index is 8.86. The van der Waals surface area contributed by atoms with Crippen LogP contribution in [0.5, 0.6) is 0 Å². The van der Waals surface area contributed by atoms with E-state index in [0.717, 1.165) is 11.1 Å². The van der Waals surface area contributed by atoms with Crippen molar-refractivity contribution >= 4 is 181 Å². The molecule has 15 rings (SSSR count). The molecule has 10 atom stereocenters. The molecule has 0 aliphatic carbocycles. The van der Waals surface area contributed by atoms with Gasteiger partial charge in [-0.1, -0.05) is 333 Å². The predicted octanol–water partition coefficient (Wildman–Crippen LogP) is 7.03. The van der Waals surface area contributed by atoms with Crippen LogP contribution >= 0.6 is 23.2 Å². The molecule has 490 valence electrons. The van der Waals surface area contributed by atoms with Crippen LogP contribution in [0.15, 0.2) is 333 Å². The summed E-state index contributed by atoms with van der Waals surface area (Å²) in [6.07, 6.45) is 3.73. The maximum Gasteiger partial charge on any atom is 0.521 e. The van der Waals surface area contributed by atoms with E-state index in [1.54, 1.807) is 0 Å². The van der Waals surface area contributed by atoms with Crippen molar-refractivity contribution < 1.29 is 57.9 Å². The molecule has 10 unspecified atom stereocenters. The van der Waals surface area contributed by atoms with Crippen LogP contribution in [0.25, 0.3) is 12.2 Å². The van der Waals surface area contributed by atoms with Gasteiger partial charge in [-0.2, -0.15) is 0 Å². The molecule has 11 aromatic rings. The minimum absolute atomic E-state index is 0.0383. The lowest BCUT2D eigenvalue weighted by molar-refractivity contribution is 0.0926. The Bertz CT molecular complexity index is 4550. The van der Waals surface area contributed by atoms with Crippen LogP contribution in [0.2, 0.25) is 10.0 Å². The van der Waals surface area contributed by atoms with Gasteiger partial charge in [0.25, 0.3) is 0 Å². The Morgan fingerprint density at radius 2 is 0.633 bits per heavy atom. The Balaban J connectivity index is 1.18. The molecule has 4 heterocycles. The summed E-state index contributed by atoms with van der Waals surface area (Å²) in [5.74, 6) is 0. The summed E-state index contributed by atoms with van der Waals surface area (Å²) in [6, 6.07) is 103. The molecule has 6 bridgehead atoms. The van der Waals surface area contributed by atoms with Crippen LogP contribution in [-0.4, -0.2) is 105 Å². The van der Waals surface area contributed by atoms with Gasteiger partial charge in [-0.15, -0.1) is 0 Å². The molecule has 0 radical (unpaired) electrons. The summed E-state index contributed by atoms with van der Waals surface area (Å²) in [4.78, 5) is 0. The molecular weight excluding hydrogens is 1460 g/mol. The lowest BCUT2D eigenvalue weighted by Crippen LogP contribution is -2.86. The average molecular weight is 1520 g/mol. The predicted molar refractivity (Wildman–Crippen MR) is 406 cm³/mol. The molecule has 27 heteroatoms. The third kappa shape index (κ3) is 13.6. The van der Waals surface area contributed by atoms with Crippen molar-refractivity contribution in [3.05, 3.63) is 354 Å². The zero-order valence-electron chi connectivity index (χ0n) is 52.7. The third-order valence-corrected chi connectivity index (χ3v) is 58.1. The highest BCUT2D eigenvalue weighted by molar-refractivity contribution is 7.10. The van der Waals surface area contributed by atoms with Gasteiger partial charge in [-0.3, -0.25) is 0 Å². The fourth-order valence-electron chi connectivity index (χ4n) is 12.2. The third-order valence-electron chi connectivity index (χ3n) is 16.9. The molecule has 11 aromatic carbocycles. The standard InChI is InChI=1S/C71H64Cl2O14Si11/c72-61-50-46-59(47-51-61)54-56-91(64-30-12-2-13-31-64)76-89-58-74-93(66-34-16-4-17-35-66)78-90(63-28-10-1-11-29-63)79-96(69-40-22-7-23-41-69)81-92(65-32-14-3-15-33-65,57-55-60-48-52-62(73)53-49-60)82-97(83-93,70-42-24-8-25-43-70)85-95(77-89,68-38-20-6-21-39-68)86-98(87-96,71-44-26-9-27-45-71)84-94(75-88,80-91)67-36-18-5-19-37-67/h1-57,89-90H,58H2,88H3/b56-54+,57-55+. The molecule has 0 saturated carbocycles. The second-order valence-corrected chi connectivity index (χ2v) is 53.6. The van der Waals surface area contributed by atoms with Crippen LogP contribution in [0, 0.1) is 0 Å². The topological polar surface area (TPSA) is 129 Å². The molecular formula is C71H64Cl2O14Si11. The van der Waals surface area contributed by atoms with Crippen LogP contribution in [-0.2, 0) is 57.9 Å². The fourth-order valence-corrected chi connectivity index (χ4v) is 64.3. The molecule has 0 aromatic heterocycles. The van der Waals surface area contributed by atoms with Crippen molar-refractivity contribution in [2.24, 2.45) is 0 Å². The zero-order valence-corrected chi connectivity index (χ0v) is 66.6. The zero-order chi connectivity index (χ0) is 66.6. The Hall–Kier alpha value is -6.69. The highest BCUT2D eigenvalue weighted by atomic mass is 35.5. The molecule has 4 aliphatic rings. The van der Waals surface area contributed by atoms with Crippen LogP contribution in [0.1, 0.15) is 11.1 Å². The number of benzene rings is 11. The van der Waals surface area contributed by atoms with Crippen molar-refractivity contribution in [2.45, 2.75) is 0 Å². The van der Waals surface area contributed by atoms with E-state index in [9.17, 15) is 0 Å². The summed E-state index contributed by atoms with van der Waals surface area (Å²) >= 11 is 13.3. The first-order chi connectivity index (χ1) is 48.0. The smallest absolute Gasteiger partial charge is 0.422 e. The molecule has 0 amide bonds. The fraction of sp³-hybridized carbons (Fsp3) is 0.0141. The number of fused-ring (bicyclic) bond motifs is 6. The maximum absolute atomic E-state index is 8.86. The second kappa shape index (κ2) is 28.7. The van der Waals surface area contributed by atoms with E-state index in [1.165, 1.54) is 0 Å². The number of hydrogen-bond acceptors (Lipinski definition) is 14. The first-order valence-corrected chi connectivity index (χ1v) is 50.9. The molecule has 14 nitrogen and oxygen atoms in total. The first kappa shape index (κ1) is 67.1. The van der Waals surface area contributed by atoms with Gasteiger partial charge in [-0.25, -0.2) is 0 Å².